The highest BCUT2D eigenvalue weighted by atomic mass is 35.5. The average Bonchev–Trinajstić information content (AvgIpc) is 2.32. The van der Waals surface area contributed by atoms with Crippen LogP contribution in [0, 0.1) is 0 Å². The lowest BCUT2D eigenvalue weighted by Crippen LogP contribution is -2.36. The Hall–Kier alpha value is -1.08. The van der Waals surface area contributed by atoms with Gasteiger partial charge in [0.1, 0.15) is 5.69 Å². The molecule has 0 aliphatic heterocycles. The third-order valence-corrected chi connectivity index (χ3v) is 3.11. The average molecular weight is 314 g/mol. The molecular formula is C9H7Cl3N2O4. The molecule has 98 valence electrons. The number of aliphatic hydroxyl groups excluding tert-OH is 1. The van der Waals surface area contributed by atoms with Crippen molar-refractivity contribution in [2.24, 2.45) is 0 Å². The first kappa shape index (κ1) is 15.0. The maximum absolute atomic E-state index is 11.6. The summed E-state index contributed by atoms with van der Waals surface area (Å²) in [6.07, 6.45) is -0.575. The zero-order valence-electron chi connectivity index (χ0n) is 8.65. The molecule has 1 atom stereocenters. The van der Waals surface area contributed by atoms with Crippen molar-refractivity contribution in [1.29, 1.82) is 0 Å². The largest absolute Gasteiger partial charge is 0.479 e. The first-order valence-corrected chi connectivity index (χ1v) is 5.66. The molecule has 0 saturated carbocycles. The lowest BCUT2D eigenvalue weighted by molar-refractivity contribution is -0.146. The number of aliphatic hydroxyl groups is 1. The summed E-state index contributed by atoms with van der Waals surface area (Å²) in [4.78, 5) is 25.6. The predicted molar refractivity (Wildman–Crippen MR) is 65.2 cm³/mol. The van der Waals surface area contributed by atoms with E-state index in [1.165, 1.54) is 0 Å². The van der Waals surface area contributed by atoms with E-state index < -0.39 is 24.5 Å². The second-order valence-electron chi connectivity index (χ2n) is 3.15. The molecule has 0 fully saturated rings. The van der Waals surface area contributed by atoms with Gasteiger partial charge in [0.25, 0.3) is 5.91 Å². The molecule has 0 aromatic carbocycles. The van der Waals surface area contributed by atoms with Crippen molar-refractivity contribution in [3.05, 3.63) is 27.0 Å². The molecule has 0 radical (unpaired) electrons. The van der Waals surface area contributed by atoms with Crippen molar-refractivity contribution in [2.75, 3.05) is 6.54 Å². The summed E-state index contributed by atoms with van der Waals surface area (Å²) in [6.45, 7) is -0.480. The molecule has 1 amide bonds. The molecule has 1 aromatic rings. The summed E-state index contributed by atoms with van der Waals surface area (Å²) < 4.78 is 0. The molecule has 1 rings (SSSR count). The zero-order valence-corrected chi connectivity index (χ0v) is 10.9. The number of nitrogens with one attached hydrogen (secondary N) is 1. The Balaban J connectivity index is 2.80. The minimum Gasteiger partial charge on any atom is -0.479 e. The molecule has 0 spiro atoms. The van der Waals surface area contributed by atoms with E-state index in [0.717, 1.165) is 6.20 Å². The molecule has 0 saturated heterocycles. The molecule has 18 heavy (non-hydrogen) atoms. The van der Waals surface area contributed by atoms with Gasteiger partial charge in [-0.15, -0.1) is 0 Å². The number of carboxylic acid groups (broad SMARTS) is 1. The molecule has 0 bridgehead atoms. The number of hydrogen-bond donors (Lipinski definition) is 3. The number of carbonyl (C=O) groups excluding carboxylic acids is 1. The summed E-state index contributed by atoms with van der Waals surface area (Å²) in [7, 11) is 0. The number of carboxylic acids is 1. The van der Waals surface area contributed by atoms with Gasteiger partial charge in [0, 0.05) is 6.20 Å². The van der Waals surface area contributed by atoms with Gasteiger partial charge in [-0.2, -0.15) is 0 Å². The number of halogens is 3. The number of hydrogen-bond acceptors (Lipinski definition) is 4. The normalized spacial score (nSPS) is 12.0. The lowest BCUT2D eigenvalue weighted by Gasteiger charge is -2.09. The Morgan fingerprint density at radius 2 is 1.94 bits per heavy atom. The van der Waals surface area contributed by atoms with Gasteiger partial charge in [0.15, 0.2) is 6.10 Å². The van der Waals surface area contributed by atoms with Gasteiger partial charge in [-0.25, -0.2) is 9.78 Å². The molecule has 0 aliphatic rings. The van der Waals surface area contributed by atoms with Gasteiger partial charge in [-0.1, -0.05) is 34.8 Å². The van der Waals surface area contributed by atoms with Gasteiger partial charge in [0.05, 0.1) is 21.6 Å². The zero-order chi connectivity index (χ0) is 13.9. The molecule has 3 N–H and O–H groups in total. The minimum atomic E-state index is -1.71. The van der Waals surface area contributed by atoms with Crippen molar-refractivity contribution in [1.82, 2.24) is 10.3 Å². The molecule has 1 aromatic heterocycles. The Morgan fingerprint density at radius 1 is 1.33 bits per heavy atom. The fraction of sp³-hybridized carbons (Fsp3) is 0.222. The van der Waals surface area contributed by atoms with Crippen molar-refractivity contribution < 1.29 is 19.8 Å². The maximum Gasteiger partial charge on any atom is 0.334 e. The molecule has 0 aliphatic carbocycles. The van der Waals surface area contributed by atoms with Gasteiger partial charge in [-0.3, -0.25) is 4.79 Å². The van der Waals surface area contributed by atoms with Crippen LogP contribution in [0.1, 0.15) is 10.5 Å². The fourth-order valence-corrected chi connectivity index (χ4v) is 1.53. The van der Waals surface area contributed by atoms with Crippen LogP contribution in [0.5, 0.6) is 0 Å². The van der Waals surface area contributed by atoms with Crippen molar-refractivity contribution in [3.8, 4) is 0 Å². The van der Waals surface area contributed by atoms with Crippen molar-refractivity contribution >= 4 is 46.7 Å². The standard InChI is InChI=1S/C9H7Cl3N2O4/c10-3-1-13-7(6(12)5(3)11)8(16)14-2-4(15)9(17)18/h1,4,15H,2H2,(H,14,16)(H,17,18). The Labute approximate surface area is 116 Å². The fourth-order valence-electron chi connectivity index (χ4n) is 0.962. The Kier molecular flexibility index (Phi) is 5.15. The van der Waals surface area contributed by atoms with Crippen molar-refractivity contribution in [2.45, 2.75) is 6.10 Å². The lowest BCUT2D eigenvalue weighted by atomic mass is 10.3. The monoisotopic (exact) mass is 312 g/mol. The van der Waals surface area contributed by atoms with E-state index in [1.54, 1.807) is 0 Å². The van der Waals surface area contributed by atoms with Crippen LogP contribution in [0.15, 0.2) is 6.20 Å². The van der Waals surface area contributed by atoms with Crippen LogP contribution in [0.2, 0.25) is 15.1 Å². The van der Waals surface area contributed by atoms with Crippen LogP contribution >= 0.6 is 34.8 Å². The van der Waals surface area contributed by atoms with Gasteiger partial charge in [0.2, 0.25) is 0 Å². The van der Waals surface area contributed by atoms with E-state index in [4.69, 9.17) is 45.0 Å². The highest BCUT2D eigenvalue weighted by Crippen LogP contribution is 2.30. The number of rotatable bonds is 4. The van der Waals surface area contributed by atoms with Crippen LogP contribution in [0.25, 0.3) is 0 Å². The third kappa shape index (κ3) is 3.46. The van der Waals surface area contributed by atoms with E-state index in [9.17, 15) is 9.59 Å². The van der Waals surface area contributed by atoms with Crippen LogP contribution < -0.4 is 5.32 Å². The first-order chi connectivity index (χ1) is 8.34. The van der Waals surface area contributed by atoms with E-state index in [2.05, 4.69) is 10.3 Å². The van der Waals surface area contributed by atoms with E-state index in [1.807, 2.05) is 0 Å². The number of aromatic nitrogens is 1. The number of pyridine rings is 1. The number of amides is 1. The second-order valence-corrected chi connectivity index (χ2v) is 4.31. The predicted octanol–water partition coefficient (Wildman–Crippen LogP) is 1.22. The first-order valence-electron chi connectivity index (χ1n) is 4.53. The van der Waals surface area contributed by atoms with Crippen molar-refractivity contribution in [3.63, 3.8) is 0 Å². The quantitative estimate of drug-likeness (QED) is 0.776. The SMILES string of the molecule is O=C(NCC(O)C(=O)O)c1ncc(Cl)c(Cl)c1Cl. The van der Waals surface area contributed by atoms with Gasteiger partial charge < -0.3 is 15.5 Å². The summed E-state index contributed by atoms with van der Waals surface area (Å²) in [5.74, 6) is -2.22. The minimum absolute atomic E-state index is 0.0303. The number of nitrogens with zero attached hydrogens (tertiary/aromatic N) is 1. The van der Waals surface area contributed by atoms with Gasteiger partial charge >= 0.3 is 5.97 Å². The highest BCUT2D eigenvalue weighted by molar-refractivity contribution is 6.48. The summed E-state index contributed by atoms with van der Waals surface area (Å²) in [5.41, 5.74) is -0.205. The van der Waals surface area contributed by atoms with E-state index in [0.29, 0.717) is 0 Å². The van der Waals surface area contributed by atoms with E-state index >= 15 is 0 Å². The van der Waals surface area contributed by atoms with Gasteiger partial charge in [-0.05, 0) is 0 Å². The summed E-state index contributed by atoms with van der Waals surface area (Å²) in [5, 5.41) is 19.5. The second kappa shape index (κ2) is 6.19. The maximum atomic E-state index is 11.6. The highest BCUT2D eigenvalue weighted by Gasteiger charge is 2.19. The molecule has 1 unspecified atom stereocenters. The third-order valence-electron chi connectivity index (χ3n) is 1.87. The van der Waals surface area contributed by atoms with Crippen LogP contribution in [0.4, 0.5) is 0 Å². The smallest absolute Gasteiger partial charge is 0.334 e. The Morgan fingerprint density at radius 3 is 2.50 bits per heavy atom. The molecular weight excluding hydrogens is 306 g/mol. The molecule has 6 nitrogen and oxygen atoms in total. The van der Waals surface area contributed by atoms with E-state index in [-0.39, 0.29) is 20.8 Å². The molecule has 1 heterocycles. The topological polar surface area (TPSA) is 99.5 Å². The summed E-state index contributed by atoms with van der Waals surface area (Å²) >= 11 is 17.1. The number of carbonyl (C=O) groups is 2. The van der Waals surface area contributed by atoms with Crippen LogP contribution in [0.3, 0.4) is 0 Å². The van der Waals surface area contributed by atoms with Crippen LogP contribution in [-0.2, 0) is 4.79 Å². The molecule has 9 heteroatoms. The summed E-state index contributed by atoms with van der Waals surface area (Å²) in [6, 6.07) is 0. The Bertz CT molecular complexity index is 495. The number of aliphatic carboxylic acids is 1. The van der Waals surface area contributed by atoms with Crippen LogP contribution in [-0.4, -0.2) is 39.7 Å².